The number of rotatable bonds is 4. The van der Waals surface area contributed by atoms with Gasteiger partial charge in [0.25, 0.3) is 5.91 Å². The molecule has 0 bridgehead atoms. The zero-order valence-corrected chi connectivity index (χ0v) is 13.8. The second kappa shape index (κ2) is 6.04. The van der Waals surface area contributed by atoms with Gasteiger partial charge in [0, 0.05) is 23.8 Å². The van der Waals surface area contributed by atoms with Crippen LogP contribution in [0.2, 0.25) is 0 Å². The number of hydrogen-bond donors (Lipinski definition) is 0. The number of aryl methyl sites for hydroxylation is 2. The first-order chi connectivity index (χ1) is 10.6. The Morgan fingerprint density at radius 3 is 2.95 bits per heavy atom. The van der Waals surface area contributed by atoms with E-state index in [1.165, 1.54) is 5.56 Å². The molecular weight excluding hydrogens is 298 g/mol. The summed E-state index contributed by atoms with van der Waals surface area (Å²) in [5.41, 5.74) is 4.55. The Morgan fingerprint density at radius 2 is 2.27 bits per heavy atom. The van der Waals surface area contributed by atoms with Crippen molar-refractivity contribution >= 4 is 17.2 Å². The molecule has 6 heteroatoms. The molecule has 0 radical (unpaired) electrons. The molecular formula is C16H19N3O2S. The van der Waals surface area contributed by atoms with Gasteiger partial charge in [0.1, 0.15) is 5.56 Å². The predicted octanol–water partition coefficient (Wildman–Crippen LogP) is 2.87. The Bertz CT molecular complexity index is 685. The number of carbonyl (C=O) groups is 1. The molecule has 3 rings (SSSR count). The molecule has 5 nitrogen and oxygen atoms in total. The van der Waals surface area contributed by atoms with Crippen molar-refractivity contribution in [3.8, 4) is 5.88 Å². The lowest BCUT2D eigenvalue weighted by atomic mass is 10.1. The van der Waals surface area contributed by atoms with Gasteiger partial charge in [-0.1, -0.05) is 0 Å². The fourth-order valence-corrected chi connectivity index (χ4v) is 3.47. The summed E-state index contributed by atoms with van der Waals surface area (Å²) in [6, 6.07) is 1.92. The van der Waals surface area contributed by atoms with Crippen LogP contribution in [0.1, 0.15) is 45.9 Å². The lowest BCUT2D eigenvalue weighted by Crippen LogP contribution is -2.30. The smallest absolute Gasteiger partial charge is 0.259 e. The maximum atomic E-state index is 12.9. The molecule has 0 N–H and O–H groups in total. The summed E-state index contributed by atoms with van der Waals surface area (Å²) in [6.45, 7) is 2.00. The third-order valence-electron chi connectivity index (χ3n) is 4.20. The molecule has 0 spiro atoms. The number of carbonyl (C=O) groups excluding carboxylic acids is 1. The Labute approximate surface area is 134 Å². The molecule has 0 fully saturated rings. The topological polar surface area (TPSA) is 55.3 Å². The van der Waals surface area contributed by atoms with Crippen LogP contribution in [-0.2, 0) is 12.8 Å². The third kappa shape index (κ3) is 2.59. The average molecular weight is 317 g/mol. The summed E-state index contributed by atoms with van der Waals surface area (Å²) >= 11 is 1.55. The number of methoxy groups -OCH3 is 1. The highest BCUT2D eigenvalue weighted by Crippen LogP contribution is 2.29. The molecule has 116 valence electrons. The lowest BCUT2D eigenvalue weighted by molar-refractivity contribution is 0.0740. The van der Waals surface area contributed by atoms with E-state index in [2.05, 4.69) is 9.97 Å². The van der Waals surface area contributed by atoms with Crippen LogP contribution < -0.4 is 4.74 Å². The molecule has 1 aliphatic carbocycles. The van der Waals surface area contributed by atoms with Gasteiger partial charge in [-0.2, -0.15) is 0 Å². The van der Waals surface area contributed by atoms with Crippen LogP contribution >= 0.6 is 11.3 Å². The van der Waals surface area contributed by atoms with Crippen molar-refractivity contribution in [2.24, 2.45) is 0 Å². The van der Waals surface area contributed by atoms with Crippen LogP contribution in [0.15, 0.2) is 17.8 Å². The maximum Gasteiger partial charge on any atom is 0.259 e. The highest BCUT2D eigenvalue weighted by molar-refractivity contribution is 7.09. The minimum absolute atomic E-state index is 0.0297. The number of pyridine rings is 1. The summed E-state index contributed by atoms with van der Waals surface area (Å²) < 4.78 is 5.34. The van der Waals surface area contributed by atoms with Gasteiger partial charge in [-0.25, -0.2) is 4.98 Å². The van der Waals surface area contributed by atoms with E-state index < -0.39 is 0 Å². The molecule has 1 atom stereocenters. The van der Waals surface area contributed by atoms with Crippen molar-refractivity contribution in [3.05, 3.63) is 39.5 Å². The molecule has 2 aromatic rings. The van der Waals surface area contributed by atoms with Gasteiger partial charge in [-0.15, -0.1) is 11.3 Å². The largest absolute Gasteiger partial charge is 0.480 e. The third-order valence-corrected chi connectivity index (χ3v) is 5.15. The zero-order chi connectivity index (χ0) is 15.7. The maximum absolute atomic E-state index is 12.9. The fourth-order valence-electron chi connectivity index (χ4n) is 2.75. The summed E-state index contributed by atoms with van der Waals surface area (Å²) in [5.74, 6) is 0.356. The van der Waals surface area contributed by atoms with Crippen molar-refractivity contribution in [2.75, 3.05) is 14.2 Å². The Hall–Kier alpha value is -1.95. The zero-order valence-electron chi connectivity index (χ0n) is 13.0. The molecule has 0 aliphatic heterocycles. The van der Waals surface area contributed by atoms with Crippen LogP contribution in [0.5, 0.6) is 5.88 Å². The lowest BCUT2D eigenvalue weighted by Gasteiger charge is -2.24. The van der Waals surface area contributed by atoms with Crippen LogP contribution in [0.4, 0.5) is 0 Å². The number of aromatic nitrogens is 2. The monoisotopic (exact) mass is 317 g/mol. The summed E-state index contributed by atoms with van der Waals surface area (Å²) in [4.78, 5) is 24.2. The van der Waals surface area contributed by atoms with Gasteiger partial charge >= 0.3 is 0 Å². The first-order valence-electron chi connectivity index (χ1n) is 7.34. The van der Waals surface area contributed by atoms with Crippen LogP contribution in [-0.4, -0.2) is 34.9 Å². The summed E-state index contributed by atoms with van der Waals surface area (Å²) in [6.07, 6.45) is 4.85. The summed E-state index contributed by atoms with van der Waals surface area (Å²) in [5, 5.41) is 0. The van der Waals surface area contributed by atoms with E-state index in [1.807, 2.05) is 13.0 Å². The molecule has 0 saturated carbocycles. The highest BCUT2D eigenvalue weighted by atomic mass is 32.1. The number of hydrogen-bond acceptors (Lipinski definition) is 5. The Morgan fingerprint density at radius 1 is 1.45 bits per heavy atom. The molecule has 1 amide bonds. The SMILES string of the molecule is COc1nc2c(cc1C(=O)N(C)[C@H](C)c1cncs1)CCC2. The van der Waals surface area contributed by atoms with E-state index in [0.717, 1.165) is 29.8 Å². The molecule has 2 heterocycles. The average Bonchev–Trinajstić information content (AvgIpc) is 3.21. The van der Waals surface area contributed by atoms with E-state index >= 15 is 0 Å². The van der Waals surface area contributed by atoms with Gasteiger partial charge in [0.15, 0.2) is 0 Å². The number of thiazole rings is 1. The standard InChI is InChI=1S/C16H19N3O2S/c1-10(14-8-17-9-22-14)19(2)16(20)12-7-11-5-4-6-13(11)18-15(12)21-3/h7-10H,4-6H2,1-3H3/t10-/m1/s1. The van der Waals surface area contributed by atoms with Gasteiger partial charge in [-0.3, -0.25) is 9.78 Å². The first kappa shape index (κ1) is 15.0. The number of nitrogens with zero attached hydrogens (tertiary/aromatic N) is 3. The second-order valence-corrected chi connectivity index (χ2v) is 6.42. The quantitative estimate of drug-likeness (QED) is 0.870. The molecule has 1 aliphatic rings. The van der Waals surface area contributed by atoms with E-state index in [4.69, 9.17) is 4.74 Å². The minimum atomic E-state index is -0.0695. The minimum Gasteiger partial charge on any atom is -0.480 e. The summed E-state index contributed by atoms with van der Waals surface area (Å²) in [7, 11) is 3.37. The van der Waals surface area contributed by atoms with Crippen molar-refractivity contribution in [1.82, 2.24) is 14.9 Å². The molecule has 0 saturated heterocycles. The van der Waals surface area contributed by atoms with Crippen LogP contribution in [0.3, 0.4) is 0 Å². The normalized spacial score (nSPS) is 14.5. The van der Waals surface area contributed by atoms with E-state index in [1.54, 1.807) is 42.1 Å². The second-order valence-electron chi connectivity index (χ2n) is 5.50. The van der Waals surface area contributed by atoms with Crippen LogP contribution in [0.25, 0.3) is 0 Å². The van der Waals surface area contributed by atoms with Gasteiger partial charge in [-0.05, 0) is 37.8 Å². The Balaban J connectivity index is 1.91. The van der Waals surface area contributed by atoms with Crippen molar-refractivity contribution in [3.63, 3.8) is 0 Å². The van der Waals surface area contributed by atoms with E-state index in [9.17, 15) is 4.79 Å². The fraction of sp³-hybridized carbons (Fsp3) is 0.438. The van der Waals surface area contributed by atoms with Gasteiger partial charge < -0.3 is 9.64 Å². The van der Waals surface area contributed by atoms with Crippen molar-refractivity contribution in [2.45, 2.75) is 32.2 Å². The number of fused-ring (bicyclic) bond motifs is 1. The number of amides is 1. The van der Waals surface area contributed by atoms with Crippen LogP contribution in [0, 0.1) is 0 Å². The molecule has 0 unspecified atom stereocenters. The number of ether oxygens (including phenoxy) is 1. The van der Waals surface area contributed by atoms with Crippen molar-refractivity contribution in [1.29, 1.82) is 0 Å². The highest BCUT2D eigenvalue weighted by Gasteiger charge is 2.26. The Kier molecular flexibility index (Phi) is 4.11. The van der Waals surface area contributed by atoms with Gasteiger partial charge in [0.05, 0.1) is 18.7 Å². The predicted molar refractivity (Wildman–Crippen MR) is 85.4 cm³/mol. The molecule has 2 aromatic heterocycles. The van der Waals surface area contributed by atoms with E-state index in [-0.39, 0.29) is 11.9 Å². The molecule has 0 aromatic carbocycles. The van der Waals surface area contributed by atoms with Gasteiger partial charge in [0.2, 0.25) is 5.88 Å². The van der Waals surface area contributed by atoms with Crippen molar-refractivity contribution < 1.29 is 9.53 Å². The first-order valence-corrected chi connectivity index (χ1v) is 8.22. The van der Waals surface area contributed by atoms with E-state index in [0.29, 0.717) is 11.4 Å². The molecule has 22 heavy (non-hydrogen) atoms.